The summed E-state index contributed by atoms with van der Waals surface area (Å²) in [7, 11) is 0. The van der Waals surface area contributed by atoms with Gasteiger partial charge in [0.2, 0.25) is 11.8 Å². The van der Waals surface area contributed by atoms with Crippen molar-refractivity contribution >= 4 is 34.9 Å². The van der Waals surface area contributed by atoms with E-state index in [4.69, 9.17) is 0 Å². The van der Waals surface area contributed by atoms with Gasteiger partial charge in [0.15, 0.2) is 0 Å². The predicted octanol–water partition coefficient (Wildman–Crippen LogP) is 1.88. The zero-order chi connectivity index (χ0) is 20.4. The molecule has 0 radical (unpaired) electrons. The quantitative estimate of drug-likeness (QED) is 0.710. The SMILES string of the molecule is CC(NC(=O)CN1CCC2(CCC1=O)NC(=O)c1cccnc1N2)c1cccs1. The van der Waals surface area contributed by atoms with Crippen LogP contribution in [0.25, 0.3) is 0 Å². The van der Waals surface area contributed by atoms with E-state index in [0.29, 0.717) is 30.8 Å². The van der Waals surface area contributed by atoms with E-state index in [-0.39, 0.29) is 36.7 Å². The van der Waals surface area contributed by atoms with Crippen molar-refractivity contribution in [2.75, 3.05) is 18.4 Å². The molecule has 2 unspecified atom stereocenters. The van der Waals surface area contributed by atoms with Crippen LogP contribution in [-0.2, 0) is 9.59 Å². The highest BCUT2D eigenvalue weighted by Gasteiger charge is 2.41. The second-order valence-electron chi connectivity index (χ2n) is 7.43. The summed E-state index contributed by atoms with van der Waals surface area (Å²) >= 11 is 1.58. The van der Waals surface area contributed by atoms with Crippen molar-refractivity contribution in [3.05, 3.63) is 46.3 Å². The maximum absolute atomic E-state index is 12.6. The van der Waals surface area contributed by atoms with Gasteiger partial charge in [-0.3, -0.25) is 14.4 Å². The summed E-state index contributed by atoms with van der Waals surface area (Å²) in [6.45, 7) is 2.30. The van der Waals surface area contributed by atoms with Crippen LogP contribution >= 0.6 is 11.3 Å². The number of thiophene rings is 1. The second-order valence-corrected chi connectivity index (χ2v) is 8.41. The second kappa shape index (κ2) is 7.82. The number of carbonyl (C=O) groups is 3. The normalized spacial score (nSPS) is 22.3. The minimum Gasteiger partial charge on any atom is -0.347 e. The molecule has 2 aromatic rings. The summed E-state index contributed by atoms with van der Waals surface area (Å²) in [5.41, 5.74) is -0.240. The molecule has 0 aromatic carbocycles. The molecule has 2 aliphatic heterocycles. The number of fused-ring (bicyclic) bond motifs is 1. The fourth-order valence-corrected chi connectivity index (χ4v) is 4.51. The third-order valence-corrected chi connectivity index (χ3v) is 6.43. The van der Waals surface area contributed by atoms with Crippen LogP contribution in [0, 0.1) is 0 Å². The lowest BCUT2D eigenvalue weighted by Gasteiger charge is -2.39. The highest BCUT2D eigenvalue weighted by Crippen LogP contribution is 2.30. The van der Waals surface area contributed by atoms with Gasteiger partial charge in [0.1, 0.15) is 11.5 Å². The first-order valence-electron chi connectivity index (χ1n) is 9.62. The molecule has 2 aliphatic rings. The number of aromatic nitrogens is 1. The Morgan fingerprint density at radius 1 is 1.31 bits per heavy atom. The van der Waals surface area contributed by atoms with Crippen molar-refractivity contribution in [1.82, 2.24) is 20.5 Å². The van der Waals surface area contributed by atoms with Gasteiger partial charge in [-0.05, 0) is 36.9 Å². The molecule has 8 nitrogen and oxygen atoms in total. The van der Waals surface area contributed by atoms with Gasteiger partial charge in [0.25, 0.3) is 5.91 Å². The van der Waals surface area contributed by atoms with Crippen LogP contribution in [0.1, 0.15) is 47.5 Å². The lowest BCUT2D eigenvalue weighted by atomic mass is 9.97. The van der Waals surface area contributed by atoms with Gasteiger partial charge in [-0.2, -0.15) is 0 Å². The first-order chi connectivity index (χ1) is 14.0. The highest BCUT2D eigenvalue weighted by atomic mass is 32.1. The zero-order valence-corrected chi connectivity index (χ0v) is 16.9. The average molecular weight is 414 g/mol. The molecule has 4 rings (SSSR count). The molecule has 4 heterocycles. The van der Waals surface area contributed by atoms with Crippen LogP contribution in [0.5, 0.6) is 0 Å². The summed E-state index contributed by atoms with van der Waals surface area (Å²) in [5.74, 6) is 0.0430. The summed E-state index contributed by atoms with van der Waals surface area (Å²) in [4.78, 5) is 44.5. The van der Waals surface area contributed by atoms with Gasteiger partial charge in [0, 0.05) is 30.5 Å². The summed E-state index contributed by atoms with van der Waals surface area (Å²) < 4.78 is 0. The Labute approximate surface area is 172 Å². The number of likely N-dealkylation sites (tertiary alicyclic amines) is 1. The fourth-order valence-electron chi connectivity index (χ4n) is 3.77. The molecular weight excluding hydrogens is 390 g/mol. The molecular formula is C20H23N5O3S. The number of amides is 3. The summed E-state index contributed by atoms with van der Waals surface area (Å²) in [6.07, 6.45) is 2.81. The van der Waals surface area contributed by atoms with E-state index in [2.05, 4.69) is 20.9 Å². The van der Waals surface area contributed by atoms with Crippen LogP contribution in [0.15, 0.2) is 35.8 Å². The van der Waals surface area contributed by atoms with Gasteiger partial charge < -0.3 is 20.9 Å². The lowest BCUT2D eigenvalue weighted by Crippen LogP contribution is -2.58. The first-order valence-corrected chi connectivity index (χ1v) is 10.5. The van der Waals surface area contributed by atoms with Crippen LogP contribution < -0.4 is 16.0 Å². The van der Waals surface area contributed by atoms with Gasteiger partial charge in [-0.15, -0.1) is 11.3 Å². The third kappa shape index (κ3) is 4.09. The maximum atomic E-state index is 12.6. The summed E-state index contributed by atoms with van der Waals surface area (Å²) in [5, 5.41) is 11.2. The number of anilines is 1. The van der Waals surface area contributed by atoms with Crippen molar-refractivity contribution < 1.29 is 14.4 Å². The third-order valence-electron chi connectivity index (χ3n) is 5.37. The maximum Gasteiger partial charge on any atom is 0.256 e. The molecule has 29 heavy (non-hydrogen) atoms. The van der Waals surface area contributed by atoms with E-state index in [0.717, 1.165) is 4.88 Å². The molecule has 152 valence electrons. The number of rotatable bonds is 4. The van der Waals surface area contributed by atoms with Crippen molar-refractivity contribution in [3.8, 4) is 0 Å². The molecule has 3 N–H and O–H groups in total. The van der Waals surface area contributed by atoms with Gasteiger partial charge >= 0.3 is 0 Å². The van der Waals surface area contributed by atoms with Crippen molar-refractivity contribution in [2.24, 2.45) is 0 Å². The minimum atomic E-state index is -0.733. The molecule has 2 aromatic heterocycles. The van der Waals surface area contributed by atoms with E-state index in [1.807, 2.05) is 24.4 Å². The molecule has 1 saturated heterocycles. The number of hydrogen-bond acceptors (Lipinski definition) is 6. The van der Waals surface area contributed by atoms with Gasteiger partial charge in [-0.1, -0.05) is 6.07 Å². The molecule has 1 fully saturated rings. The molecule has 1 spiro atoms. The van der Waals surface area contributed by atoms with E-state index in [9.17, 15) is 14.4 Å². The standard InChI is InChI=1S/C20H23N5O3S/c1-13(15-5-3-11-29-15)22-16(26)12-25-10-8-20(7-6-17(25)27)23-18-14(19(28)24-20)4-2-9-21-18/h2-5,9,11,13H,6-8,10,12H2,1H3,(H,21,23)(H,22,26)(H,24,28). The Balaban J connectivity index is 1.40. The minimum absolute atomic E-state index is 0.00735. The fraction of sp³-hybridized carbons (Fsp3) is 0.400. The van der Waals surface area contributed by atoms with Crippen molar-refractivity contribution in [3.63, 3.8) is 0 Å². The van der Waals surface area contributed by atoms with E-state index >= 15 is 0 Å². The number of carbonyl (C=O) groups excluding carboxylic acids is 3. The molecule has 0 saturated carbocycles. The van der Waals surface area contributed by atoms with Crippen LogP contribution in [0.4, 0.5) is 5.82 Å². The van der Waals surface area contributed by atoms with Gasteiger partial charge in [0.05, 0.1) is 18.2 Å². The number of nitrogens with one attached hydrogen (secondary N) is 3. The monoisotopic (exact) mass is 413 g/mol. The zero-order valence-electron chi connectivity index (χ0n) is 16.1. The van der Waals surface area contributed by atoms with Crippen LogP contribution in [0.3, 0.4) is 0 Å². The van der Waals surface area contributed by atoms with Crippen molar-refractivity contribution in [1.29, 1.82) is 0 Å². The number of nitrogens with zero attached hydrogens (tertiary/aromatic N) is 2. The molecule has 2 atom stereocenters. The van der Waals surface area contributed by atoms with E-state index in [1.165, 1.54) is 0 Å². The molecule has 0 bridgehead atoms. The average Bonchev–Trinajstić information content (AvgIpc) is 3.20. The van der Waals surface area contributed by atoms with E-state index < -0.39 is 5.66 Å². The largest absolute Gasteiger partial charge is 0.347 e. The summed E-state index contributed by atoms with van der Waals surface area (Å²) in [6, 6.07) is 7.24. The highest BCUT2D eigenvalue weighted by molar-refractivity contribution is 7.10. The van der Waals surface area contributed by atoms with E-state index in [1.54, 1.807) is 34.6 Å². The van der Waals surface area contributed by atoms with Crippen LogP contribution in [0.2, 0.25) is 0 Å². The van der Waals surface area contributed by atoms with Crippen molar-refractivity contribution in [2.45, 2.75) is 37.9 Å². The van der Waals surface area contributed by atoms with Crippen LogP contribution in [-0.4, -0.2) is 46.4 Å². The number of pyridine rings is 1. The topological polar surface area (TPSA) is 103 Å². The first kappa shape index (κ1) is 19.4. The molecule has 9 heteroatoms. The number of hydrogen-bond donors (Lipinski definition) is 3. The predicted molar refractivity (Wildman–Crippen MR) is 109 cm³/mol. The molecule has 0 aliphatic carbocycles. The smallest absolute Gasteiger partial charge is 0.256 e. The Morgan fingerprint density at radius 3 is 2.97 bits per heavy atom. The molecule has 3 amide bonds. The Kier molecular flexibility index (Phi) is 5.23. The van der Waals surface area contributed by atoms with Gasteiger partial charge in [-0.25, -0.2) is 4.98 Å². The Morgan fingerprint density at radius 2 is 2.17 bits per heavy atom. The Hall–Kier alpha value is -2.94. The lowest BCUT2D eigenvalue weighted by molar-refractivity contribution is -0.135. The Bertz CT molecular complexity index is 932.